The number of aliphatic hydroxyl groups is 1. The second-order valence-corrected chi connectivity index (χ2v) is 9.49. The normalized spacial score (nSPS) is 17.0. The first kappa shape index (κ1) is 27.4. The number of ether oxygens (including phenoxy) is 3. The van der Waals surface area contributed by atoms with Gasteiger partial charge in [-0.1, -0.05) is 30.3 Å². The lowest BCUT2D eigenvalue weighted by atomic mass is 9.93. The van der Waals surface area contributed by atoms with Crippen LogP contribution in [0.4, 0.5) is 0 Å². The van der Waals surface area contributed by atoms with E-state index in [2.05, 4.69) is 15.3 Å². The Bertz CT molecular complexity index is 1520. The summed E-state index contributed by atoms with van der Waals surface area (Å²) in [6.45, 7) is 2.64. The van der Waals surface area contributed by atoms with Gasteiger partial charge in [0, 0.05) is 30.6 Å². The highest BCUT2D eigenvalue weighted by Gasteiger charge is 2.33. The van der Waals surface area contributed by atoms with Gasteiger partial charge in [0.1, 0.15) is 5.82 Å². The van der Waals surface area contributed by atoms with Crippen molar-refractivity contribution in [2.75, 3.05) is 26.4 Å². The molecule has 0 aliphatic carbocycles. The second kappa shape index (κ2) is 12.3. The molecule has 210 valence electrons. The van der Waals surface area contributed by atoms with E-state index < -0.39 is 18.1 Å². The highest BCUT2D eigenvalue weighted by Crippen LogP contribution is 2.32. The van der Waals surface area contributed by atoms with E-state index in [1.165, 1.54) is 0 Å². The minimum Gasteiger partial charge on any atom is -0.459 e. The third kappa shape index (κ3) is 5.86. The van der Waals surface area contributed by atoms with E-state index in [9.17, 15) is 9.59 Å². The predicted molar refractivity (Wildman–Crippen MR) is 148 cm³/mol. The van der Waals surface area contributed by atoms with Gasteiger partial charge >= 0.3 is 0 Å². The number of amides is 1. The van der Waals surface area contributed by atoms with Crippen molar-refractivity contribution >= 4 is 16.9 Å². The number of carbonyl (C=O) groups excluding carboxylic acids is 1. The molecule has 2 aromatic carbocycles. The fourth-order valence-corrected chi connectivity index (χ4v) is 4.88. The summed E-state index contributed by atoms with van der Waals surface area (Å²) in [6.07, 6.45) is 1.26. The molecule has 4 aromatic rings. The largest absolute Gasteiger partial charge is 0.459 e. The molecular formula is C29H33N5O6. The predicted octanol–water partition coefficient (Wildman–Crippen LogP) is 2.42. The van der Waals surface area contributed by atoms with E-state index in [0.29, 0.717) is 17.8 Å². The zero-order valence-corrected chi connectivity index (χ0v) is 22.5. The summed E-state index contributed by atoms with van der Waals surface area (Å²) in [5.41, 5.74) is 3.63. The first-order valence-electron chi connectivity index (χ1n) is 13.2. The van der Waals surface area contributed by atoms with E-state index in [1.807, 2.05) is 73.3 Å². The van der Waals surface area contributed by atoms with Crippen molar-refractivity contribution in [1.29, 1.82) is 0 Å². The van der Waals surface area contributed by atoms with E-state index in [0.717, 1.165) is 22.4 Å². The minimum absolute atomic E-state index is 0.0718. The number of nitrogens with one attached hydrogen (secondary N) is 2. The number of rotatable bonds is 11. The zero-order valence-electron chi connectivity index (χ0n) is 22.5. The highest BCUT2D eigenvalue weighted by atomic mass is 16.7. The molecular weight excluding hydrogens is 514 g/mol. The molecule has 0 bridgehead atoms. The van der Waals surface area contributed by atoms with Gasteiger partial charge in [-0.3, -0.25) is 14.3 Å². The molecule has 1 aliphatic heterocycles. The van der Waals surface area contributed by atoms with Crippen LogP contribution in [0.25, 0.3) is 16.7 Å². The number of aliphatic hydroxyl groups excluding tert-OH is 1. The van der Waals surface area contributed by atoms with E-state index in [-0.39, 0.29) is 44.3 Å². The van der Waals surface area contributed by atoms with Crippen molar-refractivity contribution in [2.45, 2.75) is 32.1 Å². The molecule has 40 heavy (non-hydrogen) atoms. The monoisotopic (exact) mass is 547 g/mol. The molecule has 3 N–H and O–H groups in total. The third-order valence-electron chi connectivity index (χ3n) is 6.87. The number of allylic oxidation sites excluding steroid dienone is 1. The molecule has 0 saturated carbocycles. The Kier molecular flexibility index (Phi) is 8.44. The van der Waals surface area contributed by atoms with Gasteiger partial charge in [0.05, 0.1) is 49.7 Å². The van der Waals surface area contributed by atoms with Crippen LogP contribution in [0.15, 0.2) is 71.2 Å². The van der Waals surface area contributed by atoms with E-state index >= 15 is 0 Å². The Hall–Kier alpha value is -4.19. The van der Waals surface area contributed by atoms with E-state index in [4.69, 9.17) is 19.3 Å². The zero-order chi connectivity index (χ0) is 28.1. The SMILES string of the molecule is Cc1c([C@@H]2C=C(C(=O)NCc3nc4ccccc4[nH]3)O[C@H](OCCOCCO)C2)c(=O)n(-c2ccccc2)n1C. The molecule has 2 aromatic heterocycles. The number of aromatic nitrogens is 4. The highest BCUT2D eigenvalue weighted by molar-refractivity contribution is 5.91. The first-order chi connectivity index (χ1) is 19.5. The maximum absolute atomic E-state index is 13.7. The fraction of sp³-hybridized carbons (Fsp3) is 0.345. The molecule has 2 atom stereocenters. The average molecular weight is 548 g/mol. The van der Waals surface area contributed by atoms with Gasteiger partial charge in [-0.05, 0) is 37.3 Å². The molecule has 0 unspecified atom stereocenters. The minimum atomic E-state index is -0.774. The summed E-state index contributed by atoms with van der Waals surface area (Å²) in [5, 5.41) is 11.8. The lowest BCUT2D eigenvalue weighted by molar-refractivity contribution is -0.151. The number of benzene rings is 2. The summed E-state index contributed by atoms with van der Waals surface area (Å²) in [5.74, 6) is -0.177. The van der Waals surface area contributed by atoms with Crippen molar-refractivity contribution < 1.29 is 24.1 Å². The standard InChI is InChI=1S/C29H33N5O6/c1-19-27(29(37)34(33(19)2)21-8-4-3-5-9-21)20-16-24(40-26(17-20)39-15-14-38-13-12-35)28(36)30-18-25-31-22-10-6-7-11-23(22)32-25/h3-11,16,20,26,35H,12-15,17-18H2,1-2H3,(H,30,36)(H,31,32)/t20-,26+/m1/s1. The molecule has 1 amide bonds. The molecule has 3 heterocycles. The Labute approximate surface area is 231 Å². The number of hydrogen-bond donors (Lipinski definition) is 3. The van der Waals surface area contributed by atoms with Crippen molar-refractivity contribution in [3.05, 3.63) is 93.9 Å². The Morgan fingerprint density at radius 3 is 2.70 bits per heavy atom. The summed E-state index contributed by atoms with van der Waals surface area (Å²) in [4.78, 5) is 34.6. The van der Waals surface area contributed by atoms with Crippen LogP contribution in [-0.2, 0) is 32.6 Å². The number of fused-ring (bicyclic) bond motifs is 1. The molecule has 0 fully saturated rings. The summed E-state index contributed by atoms with van der Waals surface area (Å²) < 4.78 is 20.5. The fourth-order valence-electron chi connectivity index (χ4n) is 4.88. The number of hydrogen-bond acceptors (Lipinski definition) is 7. The lowest BCUT2D eigenvalue weighted by Gasteiger charge is -2.28. The Balaban J connectivity index is 1.39. The molecule has 0 spiro atoms. The Morgan fingerprint density at radius 2 is 1.93 bits per heavy atom. The van der Waals surface area contributed by atoms with Crippen LogP contribution in [0.5, 0.6) is 0 Å². The van der Waals surface area contributed by atoms with Crippen LogP contribution in [0.2, 0.25) is 0 Å². The van der Waals surface area contributed by atoms with Crippen molar-refractivity contribution in [3.63, 3.8) is 0 Å². The lowest BCUT2D eigenvalue weighted by Crippen LogP contribution is -2.34. The molecule has 0 radical (unpaired) electrons. The average Bonchev–Trinajstić information content (AvgIpc) is 3.49. The maximum Gasteiger partial charge on any atom is 0.286 e. The molecule has 11 heteroatoms. The molecule has 1 aliphatic rings. The number of aromatic amines is 1. The number of imidazole rings is 1. The third-order valence-corrected chi connectivity index (χ3v) is 6.87. The van der Waals surface area contributed by atoms with Crippen LogP contribution < -0.4 is 10.9 Å². The van der Waals surface area contributed by atoms with Gasteiger partial charge in [-0.15, -0.1) is 0 Å². The first-order valence-corrected chi connectivity index (χ1v) is 13.2. The molecule has 11 nitrogen and oxygen atoms in total. The smallest absolute Gasteiger partial charge is 0.286 e. The summed E-state index contributed by atoms with van der Waals surface area (Å²) in [7, 11) is 1.84. The van der Waals surface area contributed by atoms with E-state index in [1.54, 1.807) is 10.8 Å². The molecule has 0 saturated heterocycles. The van der Waals surface area contributed by atoms with Gasteiger partial charge in [0.15, 0.2) is 5.76 Å². The van der Waals surface area contributed by atoms with Gasteiger partial charge in [0.2, 0.25) is 6.29 Å². The van der Waals surface area contributed by atoms with Gasteiger partial charge < -0.3 is 29.6 Å². The van der Waals surface area contributed by atoms with Gasteiger partial charge in [-0.2, -0.15) is 0 Å². The van der Waals surface area contributed by atoms with Crippen molar-refractivity contribution in [3.8, 4) is 5.69 Å². The number of nitrogens with zero attached hydrogens (tertiary/aromatic N) is 3. The van der Waals surface area contributed by atoms with Crippen LogP contribution in [0, 0.1) is 6.92 Å². The Morgan fingerprint density at radius 1 is 1.15 bits per heavy atom. The number of carbonyl (C=O) groups is 1. The van der Waals surface area contributed by atoms with Crippen LogP contribution in [-0.4, -0.2) is 63.1 Å². The van der Waals surface area contributed by atoms with Crippen molar-refractivity contribution in [2.24, 2.45) is 7.05 Å². The number of H-pyrrole nitrogens is 1. The van der Waals surface area contributed by atoms with Crippen LogP contribution in [0.3, 0.4) is 0 Å². The van der Waals surface area contributed by atoms with Gasteiger partial charge in [-0.25, -0.2) is 9.67 Å². The summed E-state index contributed by atoms with van der Waals surface area (Å²) >= 11 is 0. The van der Waals surface area contributed by atoms with Crippen LogP contribution in [0.1, 0.15) is 29.4 Å². The summed E-state index contributed by atoms with van der Waals surface area (Å²) in [6, 6.07) is 17.0. The molecule has 5 rings (SSSR count). The quantitative estimate of drug-likeness (QED) is 0.246. The number of para-hydroxylation sites is 3. The second-order valence-electron chi connectivity index (χ2n) is 9.49. The van der Waals surface area contributed by atoms with Gasteiger partial charge in [0.25, 0.3) is 11.5 Å². The van der Waals surface area contributed by atoms with Crippen molar-refractivity contribution in [1.82, 2.24) is 24.6 Å². The maximum atomic E-state index is 13.7. The topological polar surface area (TPSA) is 133 Å². The van der Waals surface area contributed by atoms with Crippen LogP contribution >= 0.6 is 0 Å².